The lowest BCUT2D eigenvalue weighted by molar-refractivity contribution is -0.105. The Morgan fingerprint density at radius 3 is 1.92 bits per heavy atom. The topological polar surface area (TPSA) is 193 Å². The van der Waals surface area contributed by atoms with Gasteiger partial charge in [0.05, 0.1) is 23.3 Å². The normalized spacial score (nSPS) is 11.2. The van der Waals surface area contributed by atoms with Crippen LogP contribution in [0.5, 0.6) is 0 Å². The van der Waals surface area contributed by atoms with Gasteiger partial charge >= 0.3 is 0 Å². The lowest BCUT2D eigenvalue weighted by Gasteiger charge is -2.30. The SMILES string of the molecule is CCCCN(CCN(CCN)CCN)n1cc(NC(=O)c2cc(NC=O)cn2C)cc1C(=O)Nc1cc(C(=O)NCCN(C)C)n(C)c1. The average Bonchev–Trinajstić information content (AvgIpc) is 3.73. The van der Waals surface area contributed by atoms with Crippen molar-refractivity contribution in [3.05, 3.63) is 53.9 Å². The quantitative estimate of drug-likeness (QED) is 0.0877. The van der Waals surface area contributed by atoms with Gasteiger partial charge in [-0.05, 0) is 38.7 Å². The van der Waals surface area contributed by atoms with Gasteiger partial charge in [0.15, 0.2) is 0 Å². The van der Waals surface area contributed by atoms with E-state index in [0.717, 1.165) is 12.8 Å². The third-order valence-corrected chi connectivity index (χ3v) is 7.73. The molecule has 0 aliphatic rings. The maximum Gasteiger partial charge on any atom is 0.274 e. The summed E-state index contributed by atoms with van der Waals surface area (Å²) in [4.78, 5) is 55.1. The number of nitrogens with one attached hydrogen (secondary N) is 4. The van der Waals surface area contributed by atoms with Crippen LogP contribution in [0.15, 0.2) is 36.8 Å². The van der Waals surface area contributed by atoms with Gasteiger partial charge in [-0.15, -0.1) is 0 Å². The van der Waals surface area contributed by atoms with Crippen LogP contribution in [0.4, 0.5) is 17.1 Å². The molecule has 0 aromatic carbocycles. The van der Waals surface area contributed by atoms with Crippen LogP contribution in [0.2, 0.25) is 0 Å². The van der Waals surface area contributed by atoms with Gasteiger partial charge in [-0.1, -0.05) is 13.3 Å². The van der Waals surface area contributed by atoms with Crippen molar-refractivity contribution in [1.82, 2.24) is 28.9 Å². The minimum Gasteiger partial charge on any atom is -0.349 e. The summed E-state index contributed by atoms with van der Waals surface area (Å²) in [5.74, 6) is -1.07. The fraction of sp³-hybridized carbons (Fsp3) is 0.500. The molecular formula is C32H52N12O4. The molecule has 3 heterocycles. The molecule has 48 heavy (non-hydrogen) atoms. The number of likely N-dealkylation sites (N-methyl/N-ethyl adjacent to an activating group) is 1. The molecule has 0 unspecified atom stereocenters. The minimum absolute atomic E-state index is 0.245. The summed E-state index contributed by atoms with van der Waals surface area (Å²) >= 11 is 0. The molecule has 0 radical (unpaired) electrons. The smallest absolute Gasteiger partial charge is 0.274 e. The van der Waals surface area contributed by atoms with Crippen molar-refractivity contribution < 1.29 is 19.2 Å². The summed E-state index contributed by atoms with van der Waals surface area (Å²) in [7, 11) is 7.30. The zero-order valence-electron chi connectivity index (χ0n) is 28.8. The number of carbonyl (C=O) groups is 4. The predicted molar refractivity (Wildman–Crippen MR) is 189 cm³/mol. The molecule has 0 saturated heterocycles. The molecule has 0 spiro atoms. The van der Waals surface area contributed by atoms with Crippen LogP contribution in [-0.2, 0) is 18.9 Å². The Labute approximate surface area is 282 Å². The molecule has 264 valence electrons. The Kier molecular flexibility index (Phi) is 14.7. The fourth-order valence-corrected chi connectivity index (χ4v) is 5.22. The number of aromatic nitrogens is 3. The van der Waals surface area contributed by atoms with Crippen LogP contribution in [-0.4, -0.2) is 121 Å². The molecule has 0 fully saturated rings. The second-order valence-corrected chi connectivity index (χ2v) is 11.9. The number of hydrogen-bond acceptors (Lipinski definition) is 9. The van der Waals surface area contributed by atoms with E-state index in [0.29, 0.717) is 99.5 Å². The summed E-state index contributed by atoms with van der Waals surface area (Å²) in [6, 6.07) is 4.82. The van der Waals surface area contributed by atoms with Crippen molar-refractivity contribution in [2.45, 2.75) is 19.8 Å². The van der Waals surface area contributed by atoms with Gasteiger partial charge in [0.2, 0.25) is 6.41 Å². The highest BCUT2D eigenvalue weighted by Crippen LogP contribution is 2.21. The van der Waals surface area contributed by atoms with Crippen LogP contribution in [0.3, 0.4) is 0 Å². The zero-order valence-corrected chi connectivity index (χ0v) is 28.8. The fourth-order valence-electron chi connectivity index (χ4n) is 5.22. The third kappa shape index (κ3) is 10.7. The molecule has 4 amide bonds. The number of aryl methyl sites for hydroxylation is 2. The first-order valence-corrected chi connectivity index (χ1v) is 16.2. The Morgan fingerprint density at radius 1 is 0.750 bits per heavy atom. The second-order valence-electron chi connectivity index (χ2n) is 11.9. The highest BCUT2D eigenvalue weighted by Gasteiger charge is 2.22. The first-order chi connectivity index (χ1) is 23.0. The number of carbonyl (C=O) groups excluding carboxylic acids is 4. The number of nitrogens with zero attached hydrogens (tertiary/aromatic N) is 6. The Bertz CT molecular complexity index is 1500. The zero-order chi connectivity index (χ0) is 35.2. The number of anilines is 3. The van der Waals surface area contributed by atoms with Gasteiger partial charge in [0.1, 0.15) is 17.1 Å². The van der Waals surface area contributed by atoms with Gasteiger partial charge < -0.3 is 51.8 Å². The van der Waals surface area contributed by atoms with E-state index in [2.05, 4.69) is 38.1 Å². The van der Waals surface area contributed by atoms with E-state index in [-0.39, 0.29) is 5.91 Å². The first kappa shape index (κ1) is 37.8. The van der Waals surface area contributed by atoms with Crippen LogP contribution < -0.4 is 37.7 Å². The molecule has 16 nitrogen and oxygen atoms in total. The molecule has 0 aliphatic heterocycles. The van der Waals surface area contributed by atoms with Gasteiger partial charge in [0, 0.05) is 85.4 Å². The Balaban J connectivity index is 1.93. The van der Waals surface area contributed by atoms with Crippen LogP contribution in [0, 0.1) is 0 Å². The van der Waals surface area contributed by atoms with Gasteiger partial charge in [-0.2, -0.15) is 0 Å². The van der Waals surface area contributed by atoms with E-state index in [4.69, 9.17) is 11.5 Å². The van der Waals surface area contributed by atoms with Crippen LogP contribution in [0.1, 0.15) is 51.2 Å². The Hall–Kier alpha value is -4.64. The van der Waals surface area contributed by atoms with Crippen LogP contribution >= 0.6 is 0 Å². The van der Waals surface area contributed by atoms with Crippen molar-refractivity contribution in [2.75, 3.05) is 94.0 Å². The molecule has 3 aromatic heterocycles. The molecule has 3 aromatic rings. The summed E-state index contributed by atoms with van der Waals surface area (Å²) in [6.45, 7) is 7.55. The number of hydrogen-bond donors (Lipinski definition) is 6. The van der Waals surface area contributed by atoms with Gasteiger partial charge in [0.25, 0.3) is 17.7 Å². The van der Waals surface area contributed by atoms with E-state index in [1.54, 1.807) is 64.7 Å². The first-order valence-electron chi connectivity index (χ1n) is 16.2. The van der Waals surface area contributed by atoms with E-state index in [1.807, 2.05) is 19.0 Å². The van der Waals surface area contributed by atoms with Crippen molar-refractivity contribution in [3.8, 4) is 0 Å². The summed E-state index contributed by atoms with van der Waals surface area (Å²) in [6.07, 6.45) is 7.39. The number of nitrogens with two attached hydrogens (primary N) is 2. The Morgan fingerprint density at radius 2 is 1.31 bits per heavy atom. The summed E-state index contributed by atoms with van der Waals surface area (Å²) in [5, 5.41) is 13.3. The molecule has 3 rings (SSSR count). The monoisotopic (exact) mass is 668 g/mol. The van der Waals surface area contributed by atoms with Crippen molar-refractivity contribution in [1.29, 1.82) is 0 Å². The lowest BCUT2D eigenvalue weighted by atomic mass is 10.3. The lowest BCUT2D eigenvalue weighted by Crippen LogP contribution is -2.45. The van der Waals surface area contributed by atoms with E-state index in [1.165, 1.54) is 0 Å². The van der Waals surface area contributed by atoms with Crippen LogP contribution in [0.25, 0.3) is 0 Å². The average molecular weight is 669 g/mol. The molecule has 16 heteroatoms. The van der Waals surface area contributed by atoms with E-state index in [9.17, 15) is 19.2 Å². The number of amides is 4. The van der Waals surface area contributed by atoms with Crippen molar-refractivity contribution in [3.63, 3.8) is 0 Å². The van der Waals surface area contributed by atoms with E-state index >= 15 is 0 Å². The predicted octanol–water partition coefficient (Wildman–Crippen LogP) is 0.487. The molecule has 0 atom stereocenters. The maximum atomic E-state index is 13.9. The van der Waals surface area contributed by atoms with Crippen molar-refractivity contribution in [2.24, 2.45) is 25.6 Å². The molecule has 8 N–H and O–H groups in total. The summed E-state index contributed by atoms with van der Waals surface area (Å²) in [5.41, 5.74) is 14.0. The highest BCUT2D eigenvalue weighted by atomic mass is 16.2. The molecular weight excluding hydrogens is 616 g/mol. The van der Waals surface area contributed by atoms with E-state index < -0.39 is 11.8 Å². The molecule has 0 saturated carbocycles. The van der Waals surface area contributed by atoms with Gasteiger partial charge in [-0.3, -0.25) is 28.8 Å². The maximum absolute atomic E-state index is 13.9. The highest BCUT2D eigenvalue weighted by molar-refractivity contribution is 6.07. The van der Waals surface area contributed by atoms with Gasteiger partial charge in [-0.25, -0.2) is 0 Å². The van der Waals surface area contributed by atoms with Crippen molar-refractivity contribution >= 4 is 41.2 Å². The molecule has 0 bridgehead atoms. The number of rotatable bonds is 21. The molecule has 0 aliphatic carbocycles. The summed E-state index contributed by atoms with van der Waals surface area (Å²) < 4.78 is 5.04. The third-order valence-electron chi connectivity index (χ3n) is 7.73. The largest absolute Gasteiger partial charge is 0.349 e. The minimum atomic E-state index is -0.417. The standard InChI is InChI=1S/C32H52N12O4/c1-6-7-11-43(16-15-42(12-8-33)13-9-34)44-22-26(38-31(47)28-17-24(36-23-45)20-40(28)4)19-29(44)32(48)37-25-18-27(41(5)21-25)30(46)35-10-14-39(2)3/h17-23H,6-16,33-34H2,1-5H3,(H,35,46)(H,36,45)(H,37,48)(H,38,47). The number of unbranched alkanes of at least 4 members (excludes halogenated alkanes) is 1. The second kappa shape index (κ2) is 18.6.